The lowest BCUT2D eigenvalue weighted by Gasteiger charge is -2.30. The van der Waals surface area contributed by atoms with E-state index in [2.05, 4.69) is 4.90 Å². The third-order valence-corrected chi connectivity index (χ3v) is 3.94. The van der Waals surface area contributed by atoms with Crippen LogP contribution in [0.4, 0.5) is 0 Å². The van der Waals surface area contributed by atoms with Crippen molar-refractivity contribution < 1.29 is 14.6 Å². The van der Waals surface area contributed by atoms with Crippen LogP contribution < -0.4 is 4.74 Å². The average molecular weight is 292 g/mol. The average Bonchev–Trinajstić information content (AvgIpc) is 2.50. The molecule has 0 aliphatic carbocycles. The van der Waals surface area contributed by atoms with Crippen molar-refractivity contribution in [1.82, 2.24) is 9.80 Å². The number of carbonyl (C=O) groups is 1. The summed E-state index contributed by atoms with van der Waals surface area (Å²) in [6, 6.07) is 7.74. The van der Waals surface area contributed by atoms with Gasteiger partial charge in [-0.1, -0.05) is 18.2 Å². The topological polar surface area (TPSA) is 53.0 Å². The summed E-state index contributed by atoms with van der Waals surface area (Å²) in [7, 11) is 3.45. The maximum Gasteiger partial charge on any atom is 0.236 e. The van der Waals surface area contributed by atoms with Crippen LogP contribution in [0.1, 0.15) is 18.4 Å². The van der Waals surface area contributed by atoms with Crippen LogP contribution in [0.5, 0.6) is 5.75 Å². The molecule has 0 spiro atoms. The van der Waals surface area contributed by atoms with Crippen LogP contribution in [0.3, 0.4) is 0 Å². The SMILES string of the molecule is COc1ccccc1CN(C)C(=O)CN1CCC(O)CC1. The number of nitrogens with zero attached hydrogens (tertiary/aromatic N) is 2. The predicted octanol–water partition coefficient (Wildman–Crippen LogP) is 1.11. The number of amides is 1. The number of benzene rings is 1. The van der Waals surface area contributed by atoms with Crippen molar-refractivity contribution in [3.05, 3.63) is 29.8 Å². The van der Waals surface area contributed by atoms with E-state index in [1.54, 1.807) is 12.0 Å². The summed E-state index contributed by atoms with van der Waals surface area (Å²) in [5.41, 5.74) is 1.00. The van der Waals surface area contributed by atoms with Crippen molar-refractivity contribution in [2.45, 2.75) is 25.5 Å². The quantitative estimate of drug-likeness (QED) is 0.883. The van der Waals surface area contributed by atoms with E-state index in [0.717, 1.165) is 37.2 Å². The number of hydrogen-bond acceptors (Lipinski definition) is 4. The van der Waals surface area contributed by atoms with E-state index in [1.807, 2.05) is 31.3 Å². The van der Waals surface area contributed by atoms with Gasteiger partial charge < -0.3 is 14.7 Å². The van der Waals surface area contributed by atoms with Crippen molar-refractivity contribution >= 4 is 5.91 Å². The van der Waals surface area contributed by atoms with E-state index in [4.69, 9.17) is 4.74 Å². The number of aliphatic hydroxyl groups excluding tert-OH is 1. The molecular weight excluding hydrogens is 268 g/mol. The molecule has 1 fully saturated rings. The third-order valence-electron chi connectivity index (χ3n) is 3.94. The molecule has 1 aromatic carbocycles. The Labute approximate surface area is 126 Å². The van der Waals surface area contributed by atoms with Crippen LogP contribution in [0.15, 0.2) is 24.3 Å². The van der Waals surface area contributed by atoms with Crippen LogP contribution in [-0.4, -0.2) is 60.7 Å². The molecule has 2 rings (SSSR count). The maximum atomic E-state index is 12.3. The van der Waals surface area contributed by atoms with E-state index in [9.17, 15) is 9.90 Å². The largest absolute Gasteiger partial charge is 0.496 e. The van der Waals surface area contributed by atoms with Gasteiger partial charge in [-0.3, -0.25) is 9.69 Å². The fraction of sp³-hybridized carbons (Fsp3) is 0.562. The fourth-order valence-corrected chi connectivity index (χ4v) is 2.57. The molecule has 0 unspecified atom stereocenters. The standard InChI is InChI=1S/C16H24N2O3/c1-17(11-13-5-3-4-6-15(13)21-2)16(20)12-18-9-7-14(19)8-10-18/h3-6,14,19H,7-12H2,1-2H3. The second kappa shape index (κ2) is 7.43. The zero-order valence-electron chi connectivity index (χ0n) is 12.8. The summed E-state index contributed by atoms with van der Waals surface area (Å²) in [6.45, 7) is 2.53. The van der Waals surface area contributed by atoms with Crippen molar-refractivity contribution in [1.29, 1.82) is 0 Å². The van der Waals surface area contributed by atoms with Gasteiger partial charge in [-0.05, 0) is 18.9 Å². The molecule has 5 heteroatoms. The molecule has 1 heterocycles. The number of methoxy groups -OCH3 is 1. The third kappa shape index (κ3) is 4.44. The summed E-state index contributed by atoms with van der Waals surface area (Å²) in [4.78, 5) is 16.1. The van der Waals surface area contributed by atoms with Gasteiger partial charge in [0.2, 0.25) is 5.91 Å². The highest BCUT2D eigenvalue weighted by atomic mass is 16.5. The van der Waals surface area contributed by atoms with Gasteiger partial charge in [0.05, 0.1) is 19.8 Å². The molecule has 0 bridgehead atoms. The number of hydrogen-bond donors (Lipinski definition) is 1. The van der Waals surface area contributed by atoms with Gasteiger partial charge in [0.25, 0.3) is 0 Å². The monoisotopic (exact) mass is 292 g/mol. The van der Waals surface area contributed by atoms with E-state index in [1.165, 1.54) is 0 Å². The minimum Gasteiger partial charge on any atom is -0.496 e. The highest BCUT2D eigenvalue weighted by Crippen LogP contribution is 2.19. The number of para-hydroxylation sites is 1. The number of ether oxygens (including phenoxy) is 1. The summed E-state index contributed by atoms with van der Waals surface area (Å²) in [6.07, 6.45) is 1.30. The normalized spacial score (nSPS) is 16.7. The number of likely N-dealkylation sites (N-methyl/N-ethyl adjacent to an activating group) is 1. The highest BCUT2D eigenvalue weighted by Gasteiger charge is 2.20. The van der Waals surface area contributed by atoms with Gasteiger partial charge in [0.15, 0.2) is 0 Å². The van der Waals surface area contributed by atoms with Gasteiger partial charge in [0, 0.05) is 32.2 Å². The molecular formula is C16H24N2O3. The van der Waals surface area contributed by atoms with Gasteiger partial charge in [-0.2, -0.15) is 0 Å². The van der Waals surface area contributed by atoms with Crippen LogP contribution >= 0.6 is 0 Å². The Bertz CT molecular complexity index is 470. The van der Waals surface area contributed by atoms with Crippen LogP contribution in [0.25, 0.3) is 0 Å². The number of rotatable bonds is 5. The zero-order valence-corrected chi connectivity index (χ0v) is 12.8. The number of piperidine rings is 1. The second-order valence-electron chi connectivity index (χ2n) is 5.57. The smallest absolute Gasteiger partial charge is 0.236 e. The Balaban J connectivity index is 1.87. The second-order valence-corrected chi connectivity index (χ2v) is 5.57. The van der Waals surface area contributed by atoms with Crippen molar-refractivity contribution in [3.8, 4) is 5.75 Å². The molecule has 1 aliphatic heterocycles. The summed E-state index contributed by atoms with van der Waals surface area (Å²) < 4.78 is 5.31. The van der Waals surface area contributed by atoms with Crippen molar-refractivity contribution in [2.24, 2.45) is 0 Å². The first-order valence-electron chi connectivity index (χ1n) is 7.36. The minimum absolute atomic E-state index is 0.0947. The Morgan fingerprint density at radius 1 is 1.38 bits per heavy atom. The Kier molecular flexibility index (Phi) is 5.59. The molecule has 116 valence electrons. The van der Waals surface area contributed by atoms with E-state index >= 15 is 0 Å². The lowest BCUT2D eigenvalue weighted by atomic mass is 10.1. The number of carbonyl (C=O) groups excluding carboxylic acids is 1. The van der Waals surface area contributed by atoms with Crippen molar-refractivity contribution in [3.63, 3.8) is 0 Å². The Hall–Kier alpha value is -1.59. The minimum atomic E-state index is -0.206. The molecule has 0 aromatic heterocycles. The van der Waals surface area contributed by atoms with E-state index < -0.39 is 0 Å². The number of aliphatic hydroxyl groups is 1. The first-order valence-corrected chi connectivity index (χ1v) is 7.36. The molecule has 0 saturated carbocycles. The highest BCUT2D eigenvalue weighted by molar-refractivity contribution is 5.78. The van der Waals surface area contributed by atoms with Crippen LogP contribution in [0, 0.1) is 0 Å². The van der Waals surface area contributed by atoms with Crippen LogP contribution in [-0.2, 0) is 11.3 Å². The van der Waals surface area contributed by atoms with Crippen molar-refractivity contribution in [2.75, 3.05) is 33.8 Å². The van der Waals surface area contributed by atoms with Gasteiger partial charge in [-0.15, -0.1) is 0 Å². The molecule has 21 heavy (non-hydrogen) atoms. The predicted molar refractivity (Wildman–Crippen MR) is 81.1 cm³/mol. The summed E-state index contributed by atoms with van der Waals surface area (Å²) in [5.74, 6) is 0.899. The summed E-state index contributed by atoms with van der Waals surface area (Å²) >= 11 is 0. The lowest BCUT2D eigenvalue weighted by molar-refractivity contribution is -0.132. The maximum absolute atomic E-state index is 12.3. The first kappa shape index (κ1) is 15.8. The fourth-order valence-electron chi connectivity index (χ4n) is 2.57. The van der Waals surface area contributed by atoms with E-state index in [-0.39, 0.29) is 12.0 Å². The van der Waals surface area contributed by atoms with Gasteiger partial charge >= 0.3 is 0 Å². The lowest BCUT2D eigenvalue weighted by Crippen LogP contribution is -2.43. The summed E-state index contributed by atoms with van der Waals surface area (Å²) in [5, 5.41) is 9.49. The molecule has 1 aliphatic rings. The molecule has 1 aromatic rings. The Morgan fingerprint density at radius 3 is 2.71 bits per heavy atom. The molecule has 1 saturated heterocycles. The number of likely N-dealkylation sites (tertiary alicyclic amines) is 1. The molecule has 1 amide bonds. The molecule has 5 nitrogen and oxygen atoms in total. The molecule has 0 atom stereocenters. The van der Waals surface area contributed by atoms with Gasteiger partial charge in [-0.25, -0.2) is 0 Å². The molecule has 0 radical (unpaired) electrons. The van der Waals surface area contributed by atoms with Gasteiger partial charge in [0.1, 0.15) is 5.75 Å². The zero-order chi connectivity index (χ0) is 15.2. The molecule has 1 N–H and O–H groups in total. The Morgan fingerprint density at radius 2 is 2.05 bits per heavy atom. The van der Waals surface area contributed by atoms with Crippen LogP contribution in [0.2, 0.25) is 0 Å². The first-order chi connectivity index (χ1) is 10.1. The van der Waals surface area contributed by atoms with E-state index in [0.29, 0.717) is 13.1 Å².